The van der Waals surface area contributed by atoms with E-state index in [0.717, 1.165) is 13.0 Å². The SMILES string of the molecule is CCCN(C)C(=O)C1CCC(=O)NC1. The highest BCUT2D eigenvalue weighted by Gasteiger charge is 2.26. The van der Waals surface area contributed by atoms with Gasteiger partial charge >= 0.3 is 0 Å². The maximum Gasteiger partial charge on any atom is 0.227 e. The van der Waals surface area contributed by atoms with E-state index in [-0.39, 0.29) is 17.7 Å². The van der Waals surface area contributed by atoms with E-state index in [1.54, 1.807) is 4.90 Å². The average molecular weight is 198 g/mol. The zero-order valence-electron chi connectivity index (χ0n) is 8.88. The van der Waals surface area contributed by atoms with Crippen molar-refractivity contribution in [3.8, 4) is 0 Å². The molecule has 2 amide bonds. The van der Waals surface area contributed by atoms with Crippen molar-refractivity contribution < 1.29 is 9.59 Å². The highest BCUT2D eigenvalue weighted by atomic mass is 16.2. The predicted molar refractivity (Wildman–Crippen MR) is 53.7 cm³/mol. The molecule has 1 fully saturated rings. The number of nitrogens with one attached hydrogen (secondary N) is 1. The first-order chi connectivity index (χ1) is 6.65. The Morgan fingerprint density at radius 3 is 2.86 bits per heavy atom. The van der Waals surface area contributed by atoms with Crippen LogP contribution in [-0.2, 0) is 9.59 Å². The van der Waals surface area contributed by atoms with Gasteiger partial charge in [-0.3, -0.25) is 9.59 Å². The molecule has 0 aliphatic carbocycles. The first kappa shape index (κ1) is 11.0. The van der Waals surface area contributed by atoms with E-state index in [9.17, 15) is 9.59 Å². The Hall–Kier alpha value is -1.06. The van der Waals surface area contributed by atoms with Crippen LogP contribution in [-0.4, -0.2) is 36.9 Å². The molecule has 14 heavy (non-hydrogen) atoms. The van der Waals surface area contributed by atoms with Crippen molar-refractivity contribution in [2.45, 2.75) is 26.2 Å². The molecule has 0 aromatic heterocycles. The Balaban J connectivity index is 2.41. The van der Waals surface area contributed by atoms with Crippen LogP contribution in [0.3, 0.4) is 0 Å². The number of carbonyl (C=O) groups is 2. The van der Waals surface area contributed by atoms with Gasteiger partial charge in [-0.15, -0.1) is 0 Å². The van der Waals surface area contributed by atoms with Crippen molar-refractivity contribution in [3.63, 3.8) is 0 Å². The lowest BCUT2D eigenvalue weighted by Crippen LogP contribution is -2.43. The van der Waals surface area contributed by atoms with Crippen LogP contribution in [0.2, 0.25) is 0 Å². The molecule has 1 N–H and O–H groups in total. The van der Waals surface area contributed by atoms with Crippen molar-refractivity contribution in [2.75, 3.05) is 20.1 Å². The zero-order chi connectivity index (χ0) is 10.6. The summed E-state index contributed by atoms with van der Waals surface area (Å²) >= 11 is 0. The summed E-state index contributed by atoms with van der Waals surface area (Å²) in [7, 11) is 1.82. The summed E-state index contributed by atoms with van der Waals surface area (Å²) < 4.78 is 0. The van der Waals surface area contributed by atoms with Gasteiger partial charge in [0.1, 0.15) is 0 Å². The summed E-state index contributed by atoms with van der Waals surface area (Å²) in [6.07, 6.45) is 2.15. The van der Waals surface area contributed by atoms with Crippen molar-refractivity contribution in [1.29, 1.82) is 0 Å². The van der Waals surface area contributed by atoms with Crippen molar-refractivity contribution in [3.05, 3.63) is 0 Å². The number of amides is 2. The molecule has 1 aliphatic heterocycles. The molecule has 1 heterocycles. The average Bonchev–Trinajstić information content (AvgIpc) is 2.18. The number of hydrogen-bond acceptors (Lipinski definition) is 2. The van der Waals surface area contributed by atoms with E-state index in [1.165, 1.54) is 0 Å². The number of hydrogen-bond donors (Lipinski definition) is 1. The monoisotopic (exact) mass is 198 g/mol. The van der Waals surface area contributed by atoms with Crippen LogP contribution >= 0.6 is 0 Å². The third kappa shape index (κ3) is 2.72. The molecule has 0 spiro atoms. The van der Waals surface area contributed by atoms with Gasteiger partial charge in [0.05, 0.1) is 5.92 Å². The summed E-state index contributed by atoms with van der Waals surface area (Å²) in [4.78, 5) is 24.4. The van der Waals surface area contributed by atoms with E-state index in [0.29, 0.717) is 19.4 Å². The maximum atomic E-state index is 11.8. The topological polar surface area (TPSA) is 49.4 Å². The largest absolute Gasteiger partial charge is 0.355 e. The van der Waals surface area contributed by atoms with Crippen LogP contribution in [0.1, 0.15) is 26.2 Å². The number of carbonyl (C=O) groups excluding carboxylic acids is 2. The van der Waals surface area contributed by atoms with Crippen LogP contribution < -0.4 is 5.32 Å². The highest BCUT2D eigenvalue weighted by Crippen LogP contribution is 2.13. The molecular weight excluding hydrogens is 180 g/mol. The van der Waals surface area contributed by atoms with Gasteiger partial charge in [0.25, 0.3) is 0 Å². The minimum atomic E-state index is -0.00995. The Labute approximate surface area is 84.7 Å². The first-order valence-corrected chi connectivity index (χ1v) is 5.16. The Kier molecular flexibility index (Phi) is 3.92. The maximum absolute atomic E-state index is 11.8. The summed E-state index contributed by atoms with van der Waals surface area (Å²) in [6, 6.07) is 0. The van der Waals surface area contributed by atoms with Gasteiger partial charge in [-0.25, -0.2) is 0 Å². The van der Waals surface area contributed by atoms with E-state index in [4.69, 9.17) is 0 Å². The standard InChI is InChI=1S/C10H18N2O2/c1-3-6-12(2)10(14)8-4-5-9(13)11-7-8/h8H,3-7H2,1-2H3,(H,11,13). The van der Waals surface area contributed by atoms with Crippen LogP contribution in [0.4, 0.5) is 0 Å². The fourth-order valence-corrected chi connectivity index (χ4v) is 1.70. The van der Waals surface area contributed by atoms with E-state index in [2.05, 4.69) is 5.32 Å². The van der Waals surface area contributed by atoms with Crippen molar-refractivity contribution >= 4 is 11.8 Å². The molecule has 4 heteroatoms. The van der Waals surface area contributed by atoms with Crippen LogP contribution in [0.25, 0.3) is 0 Å². The molecule has 0 radical (unpaired) electrons. The lowest BCUT2D eigenvalue weighted by Gasteiger charge is -2.26. The van der Waals surface area contributed by atoms with E-state index >= 15 is 0 Å². The summed E-state index contributed by atoms with van der Waals surface area (Å²) in [5, 5.41) is 2.72. The first-order valence-electron chi connectivity index (χ1n) is 5.16. The summed E-state index contributed by atoms with van der Waals surface area (Å²) in [6.45, 7) is 3.35. The molecule has 0 aromatic carbocycles. The second kappa shape index (κ2) is 4.98. The van der Waals surface area contributed by atoms with Gasteiger partial charge < -0.3 is 10.2 Å². The second-order valence-electron chi connectivity index (χ2n) is 3.80. The lowest BCUT2D eigenvalue weighted by atomic mass is 9.98. The third-order valence-electron chi connectivity index (χ3n) is 2.55. The molecule has 1 rings (SSSR count). The fourth-order valence-electron chi connectivity index (χ4n) is 1.70. The second-order valence-corrected chi connectivity index (χ2v) is 3.80. The van der Waals surface area contributed by atoms with Gasteiger partial charge in [0.2, 0.25) is 11.8 Å². The molecule has 0 bridgehead atoms. The molecule has 0 saturated carbocycles. The molecule has 80 valence electrons. The fraction of sp³-hybridized carbons (Fsp3) is 0.800. The summed E-state index contributed by atoms with van der Waals surface area (Å²) in [5.41, 5.74) is 0. The molecule has 4 nitrogen and oxygen atoms in total. The molecule has 1 unspecified atom stereocenters. The number of rotatable bonds is 3. The van der Waals surface area contributed by atoms with Crippen LogP contribution in [0.15, 0.2) is 0 Å². The van der Waals surface area contributed by atoms with Crippen LogP contribution in [0.5, 0.6) is 0 Å². The molecule has 1 atom stereocenters. The molecular formula is C10H18N2O2. The number of piperidine rings is 1. The third-order valence-corrected chi connectivity index (χ3v) is 2.55. The highest BCUT2D eigenvalue weighted by molar-refractivity contribution is 5.83. The van der Waals surface area contributed by atoms with Gasteiger partial charge in [-0.2, -0.15) is 0 Å². The van der Waals surface area contributed by atoms with Crippen LogP contribution in [0, 0.1) is 5.92 Å². The molecule has 1 aliphatic rings. The zero-order valence-corrected chi connectivity index (χ0v) is 8.88. The number of nitrogens with zero attached hydrogens (tertiary/aromatic N) is 1. The summed E-state index contributed by atoms with van der Waals surface area (Å²) in [5.74, 6) is 0.211. The lowest BCUT2D eigenvalue weighted by molar-refractivity contribution is -0.136. The van der Waals surface area contributed by atoms with Gasteiger partial charge in [-0.05, 0) is 12.8 Å². The Bertz CT molecular complexity index is 218. The smallest absolute Gasteiger partial charge is 0.227 e. The Morgan fingerprint density at radius 1 is 1.64 bits per heavy atom. The van der Waals surface area contributed by atoms with Gasteiger partial charge in [0.15, 0.2) is 0 Å². The minimum absolute atomic E-state index is 0.00995. The van der Waals surface area contributed by atoms with Gasteiger partial charge in [-0.1, -0.05) is 6.92 Å². The quantitative estimate of drug-likeness (QED) is 0.712. The Morgan fingerprint density at radius 2 is 2.36 bits per heavy atom. The normalized spacial score (nSPS) is 21.6. The van der Waals surface area contributed by atoms with Crippen molar-refractivity contribution in [1.82, 2.24) is 10.2 Å². The minimum Gasteiger partial charge on any atom is -0.355 e. The molecule has 1 saturated heterocycles. The van der Waals surface area contributed by atoms with E-state index < -0.39 is 0 Å². The van der Waals surface area contributed by atoms with E-state index in [1.807, 2.05) is 14.0 Å². The predicted octanol–water partition coefficient (Wildman–Crippen LogP) is 0.381. The van der Waals surface area contributed by atoms with Crippen molar-refractivity contribution in [2.24, 2.45) is 5.92 Å². The van der Waals surface area contributed by atoms with Gasteiger partial charge in [0, 0.05) is 26.6 Å². The molecule has 0 aromatic rings.